The molecule has 14 aromatic rings. The number of aryl methyl sites for hydroxylation is 3. The molecule has 15 heterocycles. The van der Waals surface area contributed by atoms with Crippen molar-refractivity contribution >= 4 is 54.5 Å². The van der Waals surface area contributed by atoms with Crippen molar-refractivity contribution in [3.05, 3.63) is 314 Å². The largest absolute Gasteiger partial charge is 0.494 e. The summed E-state index contributed by atoms with van der Waals surface area (Å²) in [5.41, 5.74) is 10.9. The van der Waals surface area contributed by atoms with Crippen LogP contribution in [0, 0.1) is 81.4 Å². The van der Waals surface area contributed by atoms with Gasteiger partial charge in [0, 0.05) is 129 Å². The summed E-state index contributed by atoms with van der Waals surface area (Å²) in [6.45, 7) is 18.8. The van der Waals surface area contributed by atoms with Gasteiger partial charge in [-0.05, 0) is 231 Å². The maximum atomic E-state index is 12.9. The second-order valence-corrected chi connectivity index (χ2v) is 34.9. The molecule has 123 heavy (non-hydrogen) atoms. The lowest BCUT2D eigenvalue weighted by atomic mass is 9.85. The number of hydrogen-bond acceptors (Lipinski definition) is 17. The summed E-state index contributed by atoms with van der Waals surface area (Å²) in [5, 5.41) is 12.9. The average Bonchev–Trinajstić information content (AvgIpc) is 1.55. The molecular formula is C101H91N15O7. The predicted molar refractivity (Wildman–Crippen MR) is 477 cm³/mol. The molecule has 7 aliphatic rings. The number of hydrogen-bond donors (Lipinski definition) is 1. The van der Waals surface area contributed by atoms with Gasteiger partial charge in [0.25, 0.3) is 27.8 Å². The highest BCUT2D eigenvalue weighted by Crippen LogP contribution is 2.63. The van der Waals surface area contributed by atoms with E-state index in [4.69, 9.17) is 31.1 Å². The zero-order valence-corrected chi connectivity index (χ0v) is 69.9. The number of nitrogens with zero attached hydrogens (tertiary/aromatic N) is 15. The van der Waals surface area contributed by atoms with Crippen molar-refractivity contribution in [3.63, 3.8) is 0 Å². The van der Waals surface area contributed by atoms with Crippen LogP contribution in [-0.4, -0.2) is 104 Å². The first-order valence-corrected chi connectivity index (χ1v) is 41.8. The van der Waals surface area contributed by atoms with Crippen molar-refractivity contribution in [3.8, 4) is 65.5 Å². The van der Waals surface area contributed by atoms with Crippen LogP contribution < -0.4 is 32.5 Å². The molecule has 612 valence electrons. The number of methoxy groups -OCH3 is 1. The number of pyridine rings is 4. The Morgan fingerprint density at radius 1 is 0.431 bits per heavy atom. The van der Waals surface area contributed by atoms with Gasteiger partial charge in [0.15, 0.2) is 11.4 Å². The van der Waals surface area contributed by atoms with E-state index in [0.29, 0.717) is 79.7 Å². The molecule has 0 radical (unpaired) electrons. The molecule has 0 bridgehead atoms. The van der Waals surface area contributed by atoms with Crippen LogP contribution in [0.25, 0.3) is 54.5 Å². The fraction of sp³-hybridized carbons (Fsp3) is 0.307. The van der Waals surface area contributed by atoms with Crippen molar-refractivity contribution in [2.24, 2.45) is 21.7 Å². The zero-order valence-electron chi connectivity index (χ0n) is 69.9. The summed E-state index contributed by atoms with van der Waals surface area (Å²) in [4.78, 5) is 107. The Bertz CT molecular complexity index is 7220. The van der Waals surface area contributed by atoms with Crippen LogP contribution in [0.2, 0.25) is 0 Å². The number of aromatic nitrogens is 14. The molecule has 2 fully saturated rings. The minimum Gasteiger partial charge on any atom is -0.494 e. The Kier molecular flexibility index (Phi) is 22.4. The molecule has 21 rings (SSSR count). The van der Waals surface area contributed by atoms with Crippen LogP contribution in [0.5, 0.6) is 5.75 Å². The first-order chi connectivity index (χ1) is 59.5. The third-order valence-corrected chi connectivity index (χ3v) is 24.3. The number of benzene rings is 5. The van der Waals surface area contributed by atoms with E-state index in [9.17, 15) is 29.1 Å². The number of aliphatic hydroxyl groups is 1. The smallest absolute Gasteiger partial charge is 0.261 e. The van der Waals surface area contributed by atoms with Gasteiger partial charge in [-0.2, -0.15) is 0 Å². The Balaban J connectivity index is 0.000000110. The lowest BCUT2D eigenvalue weighted by Crippen LogP contribution is -2.43. The molecule has 6 aliphatic heterocycles. The van der Waals surface area contributed by atoms with E-state index in [0.717, 1.165) is 163 Å². The first-order valence-electron chi connectivity index (χ1n) is 41.8. The van der Waals surface area contributed by atoms with Crippen LogP contribution in [0.1, 0.15) is 172 Å². The Hall–Kier alpha value is -14.1. The third kappa shape index (κ3) is 17.5. The van der Waals surface area contributed by atoms with Crippen LogP contribution in [-0.2, 0) is 58.5 Å². The number of aliphatic hydroxyl groups excluding tert-OH is 1. The minimum absolute atomic E-state index is 0.00711. The van der Waals surface area contributed by atoms with E-state index in [1.165, 1.54) is 12.8 Å². The first kappa shape index (κ1) is 81.3. The van der Waals surface area contributed by atoms with E-state index in [-0.39, 0.29) is 62.0 Å². The van der Waals surface area contributed by atoms with Crippen LogP contribution in [0.15, 0.2) is 206 Å². The van der Waals surface area contributed by atoms with E-state index in [1.54, 1.807) is 54.7 Å². The maximum Gasteiger partial charge on any atom is 0.261 e. The molecule has 22 nitrogen and oxygen atoms in total. The van der Waals surface area contributed by atoms with Gasteiger partial charge < -0.3 is 9.84 Å². The average molecular weight is 1630 g/mol. The molecule has 3 atom stereocenters. The molecule has 22 heteroatoms. The molecule has 1 aliphatic carbocycles. The predicted octanol–water partition coefficient (Wildman–Crippen LogP) is 12.9. The minimum atomic E-state index is -0.0521. The lowest BCUT2D eigenvalue weighted by molar-refractivity contribution is 0.181. The van der Waals surface area contributed by atoms with Crippen molar-refractivity contribution in [1.82, 2.24) is 72.6 Å². The highest BCUT2D eigenvalue weighted by molar-refractivity contribution is 5.83. The fourth-order valence-corrected chi connectivity index (χ4v) is 17.2. The zero-order chi connectivity index (χ0) is 85.3. The van der Waals surface area contributed by atoms with E-state index in [2.05, 4.69) is 125 Å². The normalized spacial score (nSPS) is 17.8. The van der Waals surface area contributed by atoms with Crippen molar-refractivity contribution in [2.75, 3.05) is 20.3 Å². The maximum absolute atomic E-state index is 12.9. The van der Waals surface area contributed by atoms with E-state index in [1.807, 2.05) is 158 Å². The summed E-state index contributed by atoms with van der Waals surface area (Å²) in [6.07, 6.45) is 22.0. The summed E-state index contributed by atoms with van der Waals surface area (Å²) < 4.78 is 14.4. The number of rotatable bonds is 2. The van der Waals surface area contributed by atoms with Crippen LogP contribution in [0.4, 0.5) is 0 Å². The van der Waals surface area contributed by atoms with Gasteiger partial charge in [-0.25, -0.2) is 44.9 Å². The molecule has 0 amide bonds. The fourth-order valence-electron chi connectivity index (χ4n) is 17.2. The van der Waals surface area contributed by atoms with Gasteiger partial charge in [0.1, 0.15) is 46.2 Å². The molecule has 1 N–H and O–H groups in total. The van der Waals surface area contributed by atoms with Crippen molar-refractivity contribution < 1.29 is 9.84 Å². The van der Waals surface area contributed by atoms with Gasteiger partial charge in [0.05, 0.1) is 68.2 Å². The number of fused-ring (bicyclic) bond motifs is 13. The van der Waals surface area contributed by atoms with Crippen molar-refractivity contribution in [1.29, 1.82) is 0 Å². The summed E-state index contributed by atoms with van der Waals surface area (Å²) in [7, 11) is 1.60. The molecule has 1 saturated carbocycles. The topological polar surface area (TPSA) is 259 Å². The number of ether oxygens (including phenoxy) is 1. The molecular weight excluding hydrogens is 1540 g/mol. The molecule has 2 unspecified atom stereocenters. The second kappa shape index (κ2) is 33.8. The standard InChI is InChI=1S/C22H21N3O2.C21H18N4O.C21H17N3O2.C21H19N3O.C16H16N2O/c1-22(2)11-10-20-24-18-13-15(6-8-16(18)21(26)25(20)14-22)7-9-17-19(27-3)5-4-12-23-17;26-21-18-9-7-15(6-8-16-4-1-2-10-22-16)12-19(18)23-20-14-24-11-3-5-17(24)13-25(20)21;25-13-21-8-10-24-19(17(21)12-21)23-18-11-14(5-7-16(18)20(24)26)4-6-15-3-1-2-9-22-15;1-21(2)11-10-19-23-18-13-15(6-8-16-5-3-4-12-22-16)7-9-17(18)20(25)24(19)14-21;1-4-11-5-6-12-13(9-11)17-14-7-8-16(2,3)10-18(14)15(12)19/h4-6,8,12-13H,10-11,14H2,1-3H3;1-2,4,7,9-10,12,17H,3,5,11,13-14H2;1-3,5,7,9,11,17,25H,8,10,12-13H2;3-5,7,9,12-13H,10-11,14H2,1-2H3;1,5-6,9H,7-8,10H2,2-3H3/t;17-;;;/m.1.../s1. The molecule has 0 spiro atoms. The number of terminal acetylenes is 1. The summed E-state index contributed by atoms with van der Waals surface area (Å²) in [6, 6.07) is 48.8. The quantitative estimate of drug-likeness (QED) is 0.158. The van der Waals surface area contributed by atoms with Crippen LogP contribution >= 0.6 is 0 Å². The summed E-state index contributed by atoms with van der Waals surface area (Å²) >= 11 is 0. The third-order valence-electron chi connectivity index (χ3n) is 24.3. The Morgan fingerprint density at radius 2 is 0.829 bits per heavy atom. The SMILES string of the molecule is C#Cc1ccc2c(=O)n3c(nc2c1)CCC(C)(C)C3.CC1(C)CCc2nc3cc(C#Cc4ccccn4)ccc3c(=O)n2C1.COc1cccnc1C#Cc1ccc2c(=O)n3c(nc2c1)CCC(C)(C)C3.O=c1c2ccc(C#Cc3ccccn3)cc2nc2n1CCC1(CO)CC21.O=c1c2ccc(C#Cc3ccccn3)cc2nc2n1C[C@H]1CCCN1C2. The molecule has 5 aromatic carbocycles. The highest BCUT2D eigenvalue weighted by atomic mass is 16.5. The highest BCUT2D eigenvalue weighted by Gasteiger charge is 2.58. The van der Waals surface area contributed by atoms with Gasteiger partial charge in [-0.1, -0.05) is 89.3 Å². The van der Waals surface area contributed by atoms with Gasteiger partial charge >= 0.3 is 0 Å². The second-order valence-electron chi connectivity index (χ2n) is 34.9. The van der Waals surface area contributed by atoms with Gasteiger partial charge in [0.2, 0.25) is 0 Å². The van der Waals surface area contributed by atoms with Crippen molar-refractivity contribution in [2.45, 2.75) is 157 Å². The molecule has 1 saturated heterocycles. The van der Waals surface area contributed by atoms with Gasteiger partial charge in [-0.3, -0.25) is 51.7 Å². The van der Waals surface area contributed by atoms with Gasteiger partial charge in [-0.15, -0.1) is 6.42 Å². The summed E-state index contributed by atoms with van der Waals surface area (Å²) in [5.74, 6) is 32.3. The Labute approximate surface area is 711 Å². The molecule has 9 aromatic heterocycles. The van der Waals surface area contributed by atoms with E-state index >= 15 is 0 Å². The van der Waals surface area contributed by atoms with Crippen LogP contribution in [0.3, 0.4) is 0 Å². The Morgan fingerprint density at radius 3 is 1.25 bits per heavy atom. The lowest BCUT2D eigenvalue weighted by Gasteiger charge is -2.31. The van der Waals surface area contributed by atoms with E-state index < -0.39 is 0 Å². The monoisotopic (exact) mass is 1630 g/mol.